The number of hydrogen-bond acceptors (Lipinski definition) is 6. The molecule has 1 aliphatic heterocycles. The minimum atomic E-state index is -0.779. The fraction of sp³-hybridized carbons (Fsp3) is 0.562. The van der Waals surface area contributed by atoms with Crippen molar-refractivity contribution in [3.8, 4) is 0 Å². The largest absolute Gasteiger partial charge is 0.463 e. The smallest absolute Gasteiger partial charge is 0.308 e. The topological polar surface area (TPSA) is 92.3 Å². The number of ether oxygens (including phenoxy) is 2. The zero-order valence-electron chi connectivity index (χ0n) is 14.0. The van der Waals surface area contributed by atoms with E-state index in [9.17, 15) is 9.18 Å². The number of nitrogen functional groups attached to an aromatic ring is 1. The number of fused-ring (bicyclic) bond motifs is 1. The fourth-order valence-corrected chi connectivity index (χ4v) is 2.94. The second kappa shape index (κ2) is 6.01. The number of rotatable bonds is 4. The summed E-state index contributed by atoms with van der Waals surface area (Å²) in [6.07, 6.45) is 3.73. The minimum Gasteiger partial charge on any atom is -0.463 e. The molecule has 0 aromatic carbocycles. The van der Waals surface area contributed by atoms with Gasteiger partial charge in [-0.05, 0) is 19.8 Å². The van der Waals surface area contributed by atoms with Crippen molar-refractivity contribution in [1.82, 2.24) is 14.5 Å². The Balaban J connectivity index is 1.81. The standard InChI is InChI=1S/C16H21FN4O3/c1-9(2)15(22)23-7-10-4-5-16(3,24-10)21-6-11(17)12-13(18)19-8-20-14(12)21/h6,8-10H,4-5,7H2,1-3H3,(H2,18,19,20)/t10?,16-/m1/s1. The molecule has 3 heterocycles. The van der Waals surface area contributed by atoms with Crippen LogP contribution in [0.3, 0.4) is 0 Å². The van der Waals surface area contributed by atoms with E-state index in [-0.39, 0.29) is 35.8 Å². The van der Waals surface area contributed by atoms with Gasteiger partial charge in [-0.2, -0.15) is 0 Å². The molecule has 1 unspecified atom stereocenters. The Labute approximate surface area is 139 Å². The predicted octanol–water partition coefficient (Wildman–Crippen LogP) is 2.20. The van der Waals surface area contributed by atoms with E-state index >= 15 is 0 Å². The zero-order valence-corrected chi connectivity index (χ0v) is 14.0. The maximum absolute atomic E-state index is 14.2. The predicted molar refractivity (Wildman–Crippen MR) is 85.5 cm³/mol. The van der Waals surface area contributed by atoms with Crippen molar-refractivity contribution in [2.45, 2.75) is 45.4 Å². The first-order valence-corrected chi connectivity index (χ1v) is 7.94. The highest BCUT2D eigenvalue weighted by atomic mass is 19.1. The van der Waals surface area contributed by atoms with Crippen molar-refractivity contribution in [2.75, 3.05) is 12.3 Å². The lowest BCUT2D eigenvalue weighted by atomic mass is 10.1. The van der Waals surface area contributed by atoms with Crippen molar-refractivity contribution in [3.05, 3.63) is 18.3 Å². The molecule has 24 heavy (non-hydrogen) atoms. The molecule has 1 fully saturated rings. The van der Waals surface area contributed by atoms with Gasteiger partial charge < -0.3 is 19.8 Å². The number of nitrogens with zero attached hydrogens (tertiary/aromatic N) is 3. The van der Waals surface area contributed by atoms with Crippen LogP contribution < -0.4 is 5.73 Å². The number of nitrogens with two attached hydrogens (primary N) is 1. The molecule has 0 aliphatic carbocycles. The minimum absolute atomic E-state index is 0.0975. The van der Waals surface area contributed by atoms with Crippen LogP contribution in [-0.4, -0.2) is 33.2 Å². The Kier molecular flexibility index (Phi) is 4.16. The summed E-state index contributed by atoms with van der Waals surface area (Å²) < 4.78 is 27.1. The van der Waals surface area contributed by atoms with Crippen LogP contribution in [0.4, 0.5) is 10.2 Å². The van der Waals surface area contributed by atoms with Gasteiger partial charge in [0.25, 0.3) is 0 Å². The summed E-state index contributed by atoms with van der Waals surface area (Å²) >= 11 is 0. The molecule has 8 heteroatoms. The van der Waals surface area contributed by atoms with Gasteiger partial charge >= 0.3 is 5.97 Å². The van der Waals surface area contributed by atoms with Crippen molar-refractivity contribution in [3.63, 3.8) is 0 Å². The van der Waals surface area contributed by atoms with E-state index in [4.69, 9.17) is 15.2 Å². The van der Waals surface area contributed by atoms with E-state index in [1.807, 2.05) is 6.92 Å². The lowest BCUT2D eigenvalue weighted by Crippen LogP contribution is -2.31. The average molecular weight is 336 g/mol. The normalized spacial score (nSPS) is 24.0. The Hall–Kier alpha value is -2.22. The second-order valence-electron chi connectivity index (χ2n) is 6.54. The maximum Gasteiger partial charge on any atom is 0.308 e. The molecule has 0 bridgehead atoms. The van der Waals surface area contributed by atoms with Crippen molar-refractivity contribution < 1.29 is 18.7 Å². The molecule has 0 radical (unpaired) electrons. The van der Waals surface area contributed by atoms with Crippen LogP contribution in [0.5, 0.6) is 0 Å². The van der Waals surface area contributed by atoms with Gasteiger partial charge in [-0.3, -0.25) is 4.79 Å². The first kappa shape index (κ1) is 16.6. The van der Waals surface area contributed by atoms with E-state index in [0.29, 0.717) is 18.5 Å². The number of esters is 1. The van der Waals surface area contributed by atoms with Gasteiger partial charge in [0.1, 0.15) is 24.5 Å². The summed E-state index contributed by atoms with van der Waals surface area (Å²) in [5, 5.41) is 0.192. The second-order valence-corrected chi connectivity index (χ2v) is 6.54. The van der Waals surface area contributed by atoms with Gasteiger partial charge in [0, 0.05) is 6.20 Å². The van der Waals surface area contributed by atoms with E-state index in [1.165, 1.54) is 12.5 Å². The van der Waals surface area contributed by atoms with Crippen molar-refractivity contribution in [1.29, 1.82) is 0 Å². The van der Waals surface area contributed by atoms with Crippen LogP contribution in [0, 0.1) is 11.7 Å². The highest BCUT2D eigenvalue weighted by Crippen LogP contribution is 2.38. The molecule has 2 N–H and O–H groups in total. The zero-order chi connectivity index (χ0) is 17.5. The third kappa shape index (κ3) is 2.82. The fourth-order valence-electron chi connectivity index (χ4n) is 2.94. The molecule has 1 aliphatic rings. The summed E-state index contributed by atoms with van der Waals surface area (Å²) in [5.41, 5.74) is 5.36. The summed E-state index contributed by atoms with van der Waals surface area (Å²) in [6.45, 7) is 5.60. The first-order valence-electron chi connectivity index (χ1n) is 7.94. The van der Waals surface area contributed by atoms with Gasteiger partial charge in [-0.15, -0.1) is 0 Å². The molecule has 1 saturated heterocycles. The van der Waals surface area contributed by atoms with E-state index in [0.717, 1.165) is 0 Å². The molecule has 2 atom stereocenters. The van der Waals surface area contributed by atoms with Gasteiger partial charge in [0.15, 0.2) is 11.5 Å². The van der Waals surface area contributed by atoms with Crippen molar-refractivity contribution in [2.24, 2.45) is 5.92 Å². The molecule has 2 aromatic heterocycles. The highest BCUT2D eigenvalue weighted by molar-refractivity contribution is 5.86. The van der Waals surface area contributed by atoms with E-state index in [1.54, 1.807) is 18.4 Å². The van der Waals surface area contributed by atoms with Gasteiger partial charge in [0.05, 0.1) is 17.4 Å². The summed E-state index contributed by atoms with van der Waals surface area (Å²) in [6, 6.07) is 0. The number of carbonyl (C=O) groups excluding carboxylic acids is 1. The number of hydrogen-bond donors (Lipinski definition) is 1. The Morgan fingerprint density at radius 3 is 3.04 bits per heavy atom. The van der Waals surface area contributed by atoms with Crippen molar-refractivity contribution >= 4 is 22.8 Å². The Bertz CT molecular complexity index is 776. The average Bonchev–Trinajstić information content (AvgIpc) is 3.08. The number of carbonyl (C=O) groups is 1. The molecular weight excluding hydrogens is 315 g/mol. The van der Waals surface area contributed by atoms with Crippen LogP contribution in [0.15, 0.2) is 12.5 Å². The highest BCUT2D eigenvalue weighted by Gasteiger charge is 2.40. The molecule has 0 spiro atoms. The Morgan fingerprint density at radius 1 is 1.58 bits per heavy atom. The summed E-state index contributed by atoms with van der Waals surface area (Å²) in [7, 11) is 0. The van der Waals surface area contributed by atoms with Crippen LogP contribution >= 0.6 is 0 Å². The SMILES string of the molecule is CC(C)C(=O)OCC1CC[C@](C)(n2cc(F)c3c(N)ncnc32)O1. The molecule has 0 amide bonds. The van der Waals surface area contributed by atoms with E-state index in [2.05, 4.69) is 9.97 Å². The van der Waals surface area contributed by atoms with E-state index < -0.39 is 11.5 Å². The number of aromatic nitrogens is 3. The molecule has 130 valence electrons. The summed E-state index contributed by atoms with van der Waals surface area (Å²) in [4.78, 5) is 19.6. The van der Waals surface area contributed by atoms with Gasteiger partial charge in [0.2, 0.25) is 0 Å². The van der Waals surface area contributed by atoms with Gasteiger partial charge in [-0.25, -0.2) is 14.4 Å². The lowest BCUT2D eigenvalue weighted by Gasteiger charge is -2.27. The quantitative estimate of drug-likeness (QED) is 0.861. The van der Waals surface area contributed by atoms with Crippen LogP contribution in [0.2, 0.25) is 0 Å². The number of anilines is 1. The lowest BCUT2D eigenvalue weighted by molar-refractivity contribution is -0.156. The number of halogens is 1. The molecule has 7 nitrogen and oxygen atoms in total. The van der Waals surface area contributed by atoms with Crippen LogP contribution in [0.25, 0.3) is 11.0 Å². The molecule has 0 saturated carbocycles. The third-order valence-corrected chi connectivity index (χ3v) is 4.31. The van der Waals surface area contributed by atoms with Crippen LogP contribution in [0.1, 0.15) is 33.6 Å². The monoisotopic (exact) mass is 336 g/mol. The molecule has 3 rings (SSSR count). The molecular formula is C16H21FN4O3. The molecule has 2 aromatic rings. The Morgan fingerprint density at radius 2 is 2.33 bits per heavy atom. The maximum atomic E-state index is 14.2. The summed E-state index contributed by atoms with van der Waals surface area (Å²) in [5.74, 6) is -0.826. The first-order chi connectivity index (χ1) is 11.3. The third-order valence-electron chi connectivity index (χ3n) is 4.31. The van der Waals surface area contributed by atoms with Gasteiger partial charge in [-0.1, -0.05) is 13.8 Å². The van der Waals surface area contributed by atoms with Crippen LogP contribution in [-0.2, 0) is 20.0 Å².